The van der Waals surface area contributed by atoms with Crippen molar-refractivity contribution in [2.75, 3.05) is 12.3 Å². The number of nitrogens with two attached hydrogens (primary N) is 2. The summed E-state index contributed by atoms with van der Waals surface area (Å²) in [5.74, 6) is 0.432. The molecule has 0 radical (unpaired) electrons. The van der Waals surface area contributed by atoms with E-state index in [0.29, 0.717) is 17.7 Å². The number of aromatic nitrogens is 3. The Bertz CT molecular complexity index is 258. The Morgan fingerprint density at radius 3 is 2.67 bits per heavy atom. The molecule has 0 aliphatic heterocycles. The van der Waals surface area contributed by atoms with Crippen molar-refractivity contribution in [2.24, 2.45) is 12.8 Å². The van der Waals surface area contributed by atoms with E-state index in [1.54, 1.807) is 16.3 Å². The molecule has 6 heteroatoms. The van der Waals surface area contributed by atoms with Crippen molar-refractivity contribution in [3.8, 4) is 0 Å². The van der Waals surface area contributed by atoms with Crippen molar-refractivity contribution in [1.82, 2.24) is 14.8 Å². The first-order valence-electron chi connectivity index (χ1n) is 3.66. The smallest absolute Gasteiger partial charge is 0.222 e. The largest absolute Gasteiger partial charge is 0.368 e. The van der Waals surface area contributed by atoms with Gasteiger partial charge in [-0.25, -0.2) is 0 Å². The van der Waals surface area contributed by atoms with Crippen LogP contribution in [0.4, 0.5) is 5.95 Å². The van der Waals surface area contributed by atoms with Crippen molar-refractivity contribution in [1.29, 1.82) is 0 Å². The van der Waals surface area contributed by atoms with E-state index in [1.165, 1.54) is 0 Å². The molecule has 0 saturated heterocycles. The molecule has 0 aromatic carbocycles. The van der Waals surface area contributed by atoms with E-state index < -0.39 is 0 Å². The van der Waals surface area contributed by atoms with Crippen molar-refractivity contribution in [2.45, 2.75) is 17.3 Å². The lowest BCUT2D eigenvalue weighted by atomic mass is 10.5. The van der Waals surface area contributed by atoms with Crippen molar-refractivity contribution >= 4 is 17.7 Å². The first kappa shape index (κ1) is 9.34. The maximum absolute atomic E-state index is 5.50. The minimum Gasteiger partial charge on any atom is -0.368 e. The molecule has 1 heterocycles. The quantitative estimate of drug-likeness (QED) is 0.642. The molecule has 0 fully saturated rings. The highest BCUT2D eigenvalue weighted by Gasteiger charge is 2.09. The van der Waals surface area contributed by atoms with Crippen LogP contribution in [0.5, 0.6) is 0 Å². The second-order valence-corrected chi connectivity index (χ2v) is 3.97. The van der Waals surface area contributed by atoms with Gasteiger partial charge in [0.1, 0.15) is 0 Å². The summed E-state index contributed by atoms with van der Waals surface area (Å²) in [6, 6.07) is 0. The van der Waals surface area contributed by atoms with Crippen LogP contribution in [0.1, 0.15) is 6.92 Å². The zero-order valence-corrected chi connectivity index (χ0v) is 8.01. The van der Waals surface area contributed by atoms with Gasteiger partial charge in [0, 0.05) is 18.8 Å². The third-order valence-electron chi connectivity index (χ3n) is 1.51. The van der Waals surface area contributed by atoms with Crippen molar-refractivity contribution in [3.63, 3.8) is 0 Å². The maximum Gasteiger partial charge on any atom is 0.222 e. The molecular weight excluding hydrogens is 174 g/mol. The second-order valence-electron chi connectivity index (χ2n) is 2.56. The normalized spacial score (nSPS) is 13.2. The minimum atomic E-state index is 0.340. The molecule has 0 aliphatic rings. The lowest BCUT2D eigenvalue weighted by Crippen LogP contribution is -2.13. The summed E-state index contributed by atoms with van der Waals surface area (Å²) in [4.78, 5) is 0. The van der Waals surface area contributed by atoms with E-state index in [4.69, 9.17) is 11.5 Å². The molecule has 5 nitrogen and oxygen atoms in total. The summed E-state index contributed by atoms with van der Waals surface area (Å²) in [6.07, 6.45) is 0. The first-order valence-corrected chi connectivity index (χ1v) is 4.54. The molecule has 12 heavy (non-hydrogen) atoms. The molecule has 0 saturated carbocycles. The molecular formula is C6H13N5S. The Morgan fingerprint density at radius 2 is 2.25 bits per heavy atom. The standard InChI is InChI=1S/C6H13N5S/c1-4(3-7)12-6-10-9-5(8)11(6)2/h4H,3,7H2,1-2H3,(H2,8,9). The molecule has 1 rings (SSSR count). The second kappa shape index (κ2) is 3.77. The van der Waals surface area contributed by atoms with E-state index in [2.05, 4.69) is 10.2 Å². The van der Waals surface area contributed by atoms with E-state index in [0.717, 1.165) is 5.16 Å². The van der Waals surface area contributed by atoms with Crippen LogP contribution in [0, 0.1) is 0 Å². The fourth-order valence-electron chi connectivity index (χ4n) is 0.657. The highest BCUT2D eigenvalue weighted by molar-refractivity contribution is 7.99. The van der Waals surface area contributed by atoms with Gasteiger partial charge in [-0.05, 0) is 0 Å². The summed E-state index contributed by atoms with van der Waals surface area (Å²) < 4.78 is 1.75. The summed E-state index contributed by atoms with van der Waals surface area (Å²) in [5.41, 5.74) is 11.0. The van der Waals surface area contributed by atoms with Gasteiger partial charge in [-0.2, -0.15) is 0 Å². The molecule has 0 aliphatic carbocycles. The van der Waals surface area contributed by atoms with Crippen LogP contribution in [-0.2, 0) is 7.05 Å². The highest BCUT2D eigenvalue weighted by atomic mass is 32.2. The van der Waals surface area contributed by atoms with Gasteiger partial charge in [0.15, 0.2) is 5.16 Å². The molecule has 0 bridgehead atoms. The van der Waals surface area contributed by atoms with E-state index >= 15 is 0 Å². The van der Waals surface area contributed by atoms with Gasteiger partial charge in [-0.15, -0.1) is 10.2 Å². The average Bonchev–Trinajstić information content (AvgIpc) is 2.36. The third-order valence-corrected chi connectivity index (χ3v) is 2.67. The topological polar surface area (TPSA) is 82.8 Å². The van der Waals surface area contributed by atoms with Crippen LogP contribution in [0.15, 0.2) is 5.16 Å². The molecule has 1 aromatic heterocycles. The van der Waals surface area contributed by atoms with Crippen LogP contribution < -0.4 is 11.5 Å². The Balaban J connectivity index is 2.69. The van der Waals surface area contributed by atoms with Crippen LogP contribution >= 0.6 is 11.8 Å². The Morgan fingerprint density at radius 1 is 1.58 bits per heavy atom. The zero-order valence-electron chi connectivity index (χ0n) is 7.19. The Labute approximate surface area is 75.5 Å². The molecule has 1 atom stereocenters. The highest BCUT2D eigenvalue weighted by Crippen LogP contribution is 2.20. The van der Waals surface area contributed by atoms with Gasteiger partial charge in [-0.3, -0.25) is 4.57 Å². The van der Waals surface area contributed by atoms with E-state index in [-0.39, 0.29) is 0 Å². The number of anilines is 1. The van der Waals surface area contributed by atoms with Gasteiger partial charge in [0.25, 0.3) is 0 Å². The molecule has 1 aromatic rings. The van der Waals surface area contributed by atoms with E-state index in [9.17, 15) is 0 Å². The van der Waals surface area contributed by atoms with Crippen molar-refractivity contribution in [3.05, 3.63) is 0 Å². The van der Waals surface area contributed by atoms with Crippen molar-refractivity contribution < 1.29 is 0 Å². The minimum absolute atomic E-state index is 0.340. The van der Waals surface area contributed by atoms with Gasteiger partial charge in [-0.1, -0.05) is 18.7 Å². The molecule has 68 valence electrons. The fourth-order valence-corrected chi connectivity index (χ4v) is 1.45. The number of rotatable bonds is 3. The summed E-state index contributed by atoms with van der Waals surface area (Å²) >= 11 is 1.58. The predicted molar refractivity (Wildman–Crippen MR) is 49.8 cm³/mol. The van der Waals surface area contributed by atoms with Gasteiger partial charge >= 0.3 is 0 Å². The monoisotopic (exact) mass is 187 g/mol. The van der Waals surface area contributed by atoms with Gasteiger partial charge in [0.05, 0.1) is 0 Å². The summed E-state index contributed by atoms with van der Waals surface area (Å²) in [6.45, 7) is 2.66. The number of thioether (sulfide) groups is 1. The van der Waals surface area contributed by atoms with Crippen LogP contribution in [0.3, 0.4) is 0 Å². The predicted octanol–water partition coefficient (Wildman–Crippen LogP) is -0.163. The van der Waals surface area contributed by atoms with Crippen LogP contribution in [0.2, 0.25) is 0 Å². The molecule has 0 spiro atoms. The zero-order chi connectivity index (χ0) is 9.14. The Hall–Kier alpha value is -0.750. The Kier molecular flexibility index (Phi) is 2.93. The molecule has 0 amide bonds. The first-order chi connectivity index (χ1) is 5.65. The van der Waals surface area contributed by atoms with Gasteiger partial charge in [0.2, 0.25) is 5.95 Å². The third kappa shape index (κ3) is 1.89. The number of hydrogen-bond acceptors (Lipinski definition) is 5. The molecule has 4 N–H and O–H groups in total. The lowest BCUT2D eigenvalue weighted by molar-refractivity contribution is 0.789. The lowest BCUT2D eigenvalue weighted by Gasteiger charge is -2.05. The van der Waals surface area contributed by atoms with Gasteiger partial charge < -0.3 is 11.5 Å². The number of hydrogen-bond donors (Lipinski definition) is 2. The average molecular weight is 187 g/mol. The summed E-state index contributed by atoms with van der Waals surface area (Å²) in [7, 11) is 1.83. The SMILES string of the molecule is CC(CN)Sc1nnc(N)n1C. The number of nitrogens with zero attached hydrogens (tertiary/aromatic N) is 3. The number of nitrogen functional groups attached to an aromatic ring is 1. The van der Waals surface area contributed by atoms with Crippen LogP contribution in [-0.4, -0.2) is 26.6 Å². The van der Waals surface area contributed by atoms with Crippen LogP contribution in [0.25, 0.3) is 0 Å². The summed E-state index contributed by atoms with van der Waals surface area (Å²) in [5, 5.41) is 8.78. The van der Waals surface area contributed by atoms with E-state index in [1.807, 2.05) is 14.0 Å². The molecule has 1 unspecified atom stereocenters. The fraction of sp³-hybridized carbons (Fsp3) is 0.667. The maximum atomic E-state index is 5.50.